The van der Waals surface area contributed by atoms with Gasteiger partial charge >= 0.3 is 0 Å². The molecule has 0 spiro atoms. The third-order valence-corrected chi connectivity index (χ3v) is 4.60. The van der Waals surface area contributed by atoms with Gasteiger partial charge in [0.1, 0.15) is 0 Å². The number of amides is 2. The van der Waals surface area contributed by atoms with Crippen LogP contribution in [0.3, 0.4) is 0 Å². The molecule has 28 heavy (non-hydrogen) atoms. The number of pyridine rings is 1. The number of carbonyl (C=O) groups excluding carboxylic acids is 2. The fraction of sp³-hybridized carbons (Fsp3) is 0.316. The van der Waals surface area contributed by atoms with Gasteiger partial charge in [-0.25, -0.2) is 0 Å². The van der Waals surface area contributed by atoms with Gasteiger partial charge in [-0.2, -0.15) is 0 Å². The van der Waals surface area contributed by atoms with Crippen LogP contribution in [0.1, 0.15) is 15.9 Å². The monoisotopic (exact) mass is 383 g/mol. The summed E-state index contributed by atoms with van der Waals surface area (Å²) in [6, 6.07) is 9.37. The molecule has 9 heteroatoms. The summed E-state index contributed by atoms with van der Waals surface area (Å²) >= 11 is 0. The van der Waals surface area contributed by atoms with Crippen molar-refractivity contribution < 1.29 is 14.5 Å². The SMILES string of the molecule is O=C(NCC(=O)N1CCN(Cc2ccncc2)CC1)c1cccc([N+](=O)[O-])c1. The van der Waals surface area contributed by atoms with E-state index in [1.165, 1.54) is 29.8 Å². The number of nitro benzene ring substituents is 1. The third kappa shape index (κ3) is 5.10. The summed E-state index contributed by atoms with van der Waals surface area (Å²) in [5.74, 6) is -0.671. The first-order valence-corrected chi connectivity index (χ1v) is 8.94. The van der Waals surface area contributed by atoms with Crippen LogP contribution in [0.4, 0.5) is 5.69 Å². The van der Waals surface area contributed by atoms with Crippen molar-refractivity contribution in [1.29, 1.82) is 0 Å². The largest absolute Gasteiger partial charge is 0.343 e. The van der Waals surface area contributed by atoms with Crippen molar-refractivity contribution in [1.82, 2.24) is 20.1 Å². The normalized spacial score (nSPS) is 14.5. The van der Waals surface area contributed by atoms with E-state index in [9.17, 15) is 19.7 Å². The van der Waals surface area contributed by atoms with Crippen LogP contribution in [0.2, 0.25) is 0 Å². The number of benzene rings is 1. The fourth-order valence-corrected chi connectivity index (χ4v) is 3.03. The average Bonchev–Trinajstić information content (AvgIpc) is 2.73. The molecule has 0 saturated carbocycles. The summed E-state index contributed by atoms with van der Waals surface area (Å²) in [6.07, 6.45) is 3.53. The summed E-state index contributed by atoms with van der Waals surface area (Å²) in [4.78, 5) is 42.7. The van der Waals surface area contributed by atoms with Gasteiger partial charge in [0, 0.05) is 62.8 Å². The van der Waals surface area contributed by atoms with Crippen LogP contribution in [-0.2, 0) is 11.3 Å². The van der Waals surface area contributed by atoms with Crippen molar-refractivity contribution in [3.8, 4) is 0 Å². The molecule has 3 rings (SSSR count). The second-order valence-electron chi connectivity index (χ2n) is 6.50. The van der Waals surface area contributed by atoms with Gasteiger partial charge in [0.05, 0.1) is 11.5 Å². The number of nitrogens with one attached hydrogen (secondary N) is 1. The number of nitrogens with zero attached hydrogens (tertiary/aromatic N) is 4. The van der Waals surface area contributed by atoms with E-state index in [1.807, 2.05) is 12.1 Å². The van der Waals surface area contributed by atoms with Crippen molar-refractivity contribution in [2.75, 3.05) is 32.7 Å². The Morgan fingerprint density at radius 2 is 1.82 bits per heavy atom. The van der Waals surface area contributed by atoms with Gasteiger partial charge in [0.2, 0.25) is 5.91 Å². The van der Waals surface area contributed by atoms with E-state index in [4.69, 9.17) is 0 Å². The Morgan fingerprint density at radius 3 is 2.50 bits per heavy atom. The zero-order valence-electron chi connectivity index (χ0n) is 15.3. The third-order valence-electron chi connectivity index (χ3n) is 4.60. The zero-order chi connectivity index (χ0) is 19.9. The maximum Gasteiger partial charge on any atom is 0.270 e. The second kappa shape index (κ2) is 9.05. The molecule has 0 bridgehead atoms. The van der Waals surface area contributed by atoms with Crippen LogP contribution in [0.15, 0.2) is 48.8 Å². The molecule has 1 aromatic heterocycles. The molecular formula is C19H21N5O4. The van der Waals surface area contributed by atoms with Crippen molar-refractivity contribution in [2.24, 2.45) is 0 Å². The Morgan fingerprint density at radius 1 is 1.11 bits per heavy atom. The van der Waals surface area contributed by atoms with Gasteiger partial charge < -0.3 is 10.2 Å². The average molecular weight is 383 g/mol. The second-order valence-corrected chi connectivity index (χ2v) is 6.50. The van der Waals surface area contributed by atoms with Crippen molar-refractivity contribution >= 4 is 17.5 Å². The Labute approximate surface area is 162 Å². The lowest BCUT2D eigenvalue weighted by atomic mass is 10.2. The Bertz CT molecular complexity index is 850. The van der Waals surface area contributed by atoms with Crippen LogP contribution in [0, 0.1) is 10.1 Å². The first kappa shape index (κ1) is 19.4. The molecule has 1 aliphatic heterocycles. The zero-order valence-corrected chi connectivity index (χ0v) is 15.3. The Kier molecular flexibility index (Phi) is 6.28. The van der Waals surface area contributed by atoms with Gasteiger partial charge in [-0.15, -0.1) is 0 Å². The summed E-state index contributed by atoms with van der Waals surface area (Å²) in [7, 11) is 0. The molecule has 2 aromatic rings. The van der Waals surface area contributed by atoms with E-state index in [-0.39, 0.29) is 23.7 Å². The minimum atomic E-state index is -0.562. The van der Waals surface area contributed by atoms with E-state index >= 15 is 0 Å². The van der Waals surface area contributed by atoms with Crippen molar-refractivity contribution in [3.63, 3.8) is 0 Å². The van der Waals surface area contributed by atoms with Gasteiger partial charge in [-0.05, 0) is 23.8 Å². The summed E-state index contributed by atoms with van der Waals surface area (Å²) < 4.78 is 0. The molecule has 0 radical (unpaired) electrons. The lowest BCUT2D eigenvalue weighted by molar-refractivity contribution is -0.384. The fourth-order valence-electron chi connectivity index (χ4n) is 3.03. The van der Waals surface area contributed by atoms with Crippen LogP contribution in [0.25, 0.3) is 0 Å². The molecule has 1 aromatic carbocycles. The van der Waals surface area contributed by atoms with Crippen molar-refractivity contribution in [3.05, 3.63) is 70.0 Å². The molecule has 0 aliphatic carbocycles. The molecule has 1 aliphatic rings. The van der Waals surface area contributed by atoms with E-state index in [0.717, 1.165) is 19.6 Å². The van der Waals surface area contributed by atoms with Crippen LogP contribution in [-0.4, -0.2) is 64.2 Å². The number of hydrogen-bond donors (Lipinski definition) is 1. The number of rotatable bonds is 6. The van der Waals surface area contributed by atoms with Gasteiger partial charge in [-0.3, -0.25) is 29.6 Å². The highest BCUT2D eigenvalue weighted by Crippen LogP contribution is 2.13. The standard InChI is InChI=1S/C19H21N5O4/c25-18(13-21-19(26)16-2-1-3-17(12-16)24(27)28)23-10-8-22(9-11-23)14-15-4-6-20-7-5-15/h1-7,12H,8-11,13-14H2,(H,21,26). The van der Waals surface area contributed by atoms with Gasteiger partial charge in [-0.1, -0.05) is 6.07 Å². The molecular weight excluding hydrogens is 362 g/mol. The number of nitro groups is 1. The summed E-state index contributed by atoms with van der Waals surface area (Å²) in [5, 5.41) is 13.3. The van der Waals surface area contributed by atoms with Crippen molar-refractivity contribution in [2.45, 2.75) is 6.54 Å². The molecule has 2 amide bonds. The predicted octanol–water partition coefficient (Wildman–Crippen LogP) is 1.06. The molecule has 1 N–H and O–H groups in total. The highest BCUT2D eigenvalue weighted by Gasteiger charge is 2.21. The number of carbonyl (C=O) groups is 2. The number of piperazine rings is 1. The van der Waals surface area contributed by atoms with Crippen LogP contribution in [0.5, 0.6) is 0 Å². The van der Waals surface area contributed by atoms with Gasteiger partial charge in [0.25, 0.3) is 11.6 Å². The summed E-state index contributed by atoms with van der Waals surface area (Å²) in [5.41, 5.74) is 1.17. The maximum absolute atomic E-state index is 12.4. The van der Waals surface area contributed by atoms with Crippen LogP contribution >= 0.6 is 0 Å². The lowest BCUT2D eigenvalue weighted by Crippen LogP contribution is -2.50. The number of non-ortho nitro benzene ring substituents is 1. The first-order chi connectivity index (χ1) is 13.5. The molecule has 0 unspecified atom stereocenters. The maximum atomic E-state index is 12.4. The first-order valence-electron chi connectivity index (χ1n) is 8.94. The molecule has 9 nitrogen and oxygen atoms in total. The minimum Gasteiger partial charge on any atom is -0.343 e. The highest BCUT2D eigenvalue weighted by atomic mass is 16.6. The van der Waals surface area contributed by atoms with E-state index in [0.29, 0.717) is 13.1 Å². The smallest absolute Gasteiger partial charge is 0.270 e. The molecule has 0 atom stereocenters. The minimum absolute atomic E-state index is 0.133. The summed E-state index contributed by atoms with van der Waals surface area (Å²) in [6.45, 7) is 3.38. The lowest BCUT2D eigenvalue weighted by Gasteiger charge is -2.34. The number of hydrogen-bond acceptors (Lipinski definition) is 6. The number of aromatic nitrogens is 1. The topological polar surface area (TPSA) is 109 Å². The van der Waals surface area contributed by atoms with E-state index < -0.39 is 10.8 Å². The van der Waals surface area contributed by atoms with E-state index in [1.54, 1.807) is 17.3 Å². The van der Waals surface area contributed by atoms with Crippen LogP contribution < -0.4 is 5.32 Å². The molecule has 2 heterocycles. The molecule has 1 saturated heterocycles. The molecule has 1 fully saturated rings. The Hall–Kier alpha value is -3.33. The quantitative estimate of drug-likeness (QED) is 0.590. The van der Waals surface area contributed by atoms with E-state index in [2.05, 4.69) is 15.2 Å². The highest BCUT2D eigenvalue weighted by molar-refractivity contribution is 5.96. The predicted molar refractivity (Wildman–Crippen MR) is 102 cm³/mol. The molecule has 146 valence electrons. The van der Waals surface area contributed by atoms with Gasteiger partial charge in [0.15, 0.2) is 0 Å². The Balaban J connectivity index is 1.45.